The van der Waals surface area contributed by atoms with Gasteiger partial charge in [0.1, 0.15) is 11.4 Å². The Bertz CT molecular complexity index is 791. The molecule has 1 heterocycles. The van der Waals surface area contributed by atoms with Crippen LogP contribution in [0.4, 0.5) is 4.79 Å². The van der Waals surface area contributed by atoms with Gasteiger partial charge in [-0.25, -0.2) is 13.2 Å². The fraction of sp³-hybridized carbons (Fsp3) is 0.412. The largest absolute Gasteiger partial charge is 0.436 e. The molecular weight excluding hydrogens is 330 g/mol. The molecule has 0 N–H and O–H groups in total. The first-order valence-electron chi connectivity index (χ1n) is 7.61. The molecule has 0 atom stereocenters. The van der Waals surface area contributed by atoms with Crippen molar-refractivity contribution in [1.29, 1.82) is 0 Å². The highest BCUT2D eigenvalue weighted by atomic mass is 32.2. The number of allylic oxidation sites excluding steroid dienone is 1. The van der Waals surface area contributed by atoms with Crippen LogP contribution in [-0.4, -0.2) is 30.2 Å². The Morgan fingerprint density at radius 1 is 1.25 bits per heavy atom. The number of cyclic esters (lactones) is 1. The number of hydrogen-bond acceptors (Lipinski definition) is 5. The standard InChI is InChI=1S/C17H21NO5S/c1-12-8-10-14(11-9-12)24(21,22)18-15(7-5-6-13(2)19)17(3,4)23-16(18)20/h7-11H,5-6H2,1-4H3/b15-7+. The number of hydrogen-bond donors (Lipinski definition) is 0. The number of rotatable bonds is 5. The highest BCUT2D eigenvalue weighted by Crippen LogP contribution is 2.37. The fourth-order valence-corrected chi connectivity index (χ4v) is 3.92. The molecule has 1 aromatic carbocycles. The third-order valence-electron chi connectivity index (χ3n) is 3.74. The molecule has 0 bridgehead atoms. The lowest BCUT2D eigenvalue weighted by atomic mass is 10.0. The number of ether oxygens (including phenoxy) is 1. The van der Waals surface area contributed by atoms with E-state index in [1.165, 1.54) is 19.1 Å². The highest BCUT2D eigenvalue weighted by Gasteiger charge is 2.49. The number of aryl methyl sites for hydroxylation is 1. The average molecular weight is 351 g/mol. The molecule has 6 nitrogen and oxygen atoms in total. The Hall–Kier alpha value is -2.15. The minimum atomic E-state index is -4.07. The topological polar surface area (TPSA) is 80.8 Å². The summed E-state index contributed by atoms with van der Waals surface area (Å²) in [5.41, 5.74) is 0.0656. The summed E-state index contributed by atoms with van der Waals surface area (Å²) >= 11 is 0. The Morgan fingerprint density at radius 2 is 1.83 bits per heavy atom. The van der Waals surface area contributed by atoms with Crippen LogP contribution in [0, 0.1) is 6.92 Å². The van der Waals surface area contributed by atoms with Crippen molar-refractivity contribution in [2.75, 3.05) is 0 Å². The van der Waals surface area contributed by atoms with Gasteiger partial charge in [-0.05, 0) is 46.2 Å². The van der Waals surface area contributed by atoms with Crippen LogP contribution < -0.4 is 0 Å². The summed E-state index contributed by atoms with van der Waals surface area (Å²) in [5, 5.41) is 0. The van der Waals surface area contributed by atoms with Gasteiger partial charge in [-0.1, -0.05) is 23.8 Å². The van der Waals surface area contributed by atoms with E-state index in [0.29, 0.717) is 10.7 Å². The molecule has 0 radical (unpaired) electrons. The van der Waals surface area contributed by atoms with Gasteiger partial charge in [0.05, 0.1) is 10.6 Å². The van der Waals surface area contributed by atoms with Crippen molar-refractivity contribution in [3.8, 4) is 0 Å². The van der Waals surface area contributed by atoms with Crippen LogP contribution in [0.1, 0.15) is 39.2 Å². The van der Waals surface area contributed by atoms with E-state index in [-0.39, 0.29) is 22.8 Å². The zero-order valence-corrected chi connectivity index (χ0v) is 15.0. The van der Waals surface area contributed by atoms with Crippen LogP contribution >= 0.6 is 0 Å². The van der Waals surface area contributed by atoms with Crippen LogP contribution in [0.3, 0.4) is 0 Å². The van der Waals surface area contributed by atoms with Crippen molar-refractivity contribution >= 4 is 21.9 Å². The van der Waals surface area contributed by atoms with Crippen molar-refractivity contribution in [2.24, 2.45) is 0 Å². The minimum absolute atomic E-state index is 0.0113. The van der Waals surface area contributed by atoms with E-state index in [4.69, 9.17) is 4.74 Å². The Kier molecular flexibility index (Phi) is 4.85. The van der Waals surface area contributed by atoms with E-state index < -0.39 is 21.7 Å². The maximum Gasteiger partial charge on any atom is 0.429 e. The lowest BCUT2D eigenvalue weighted by Crippen LogP contribution is -2.32. The number of ketones is 1. The van der Waals surface area contributed by atoms with Crippen LogP contribution in [-0.2, 0) is 19.6 Å². The number of Topliss-reactive ketones (excluding diaryl/α,β-unsaturated/α-hetero) is 1. The van der Waals surface area contributed by atoms with Crippen LogP contribution in [0.2, 0.25) is 0 Å². The van der Waals surface area contributed by atoms with E-state index in [2.05, 4.69) is 0 Å². The van der Waals surface area contributed by atoms with Gasteiger partial charge in [0.2, 0.25) is 0 Å². The summed E-state index contributed by atoms with van der Waals surface area (Å²) in [6.07, 6.45) is 1.25. The molecule has 1 fully saturated rings. The molecule has 2 rings (SSSR count). The van der Waals surface area contributed by atoms with E-state index in [1.807, 2.05) is 6.92 Å². The lowest BCUT2D eigenvalue weighted by molar-refractivity contribution is -0.116. The number of carbonyl (C=O) groups excluding carboxylic acids is 2. The second-order valence-electron chi connectivity index (χ2n) is 6.29. The molecule has 0 aromatic heterocycles. The second kappa shape index (κ2) is 6.39. The van der Waals surface area contributed by atoms with Gasteiger partial charge in [0.15, 0.2) is 0 Å². The van der Waals surface area contributed by atoms with Crippen molar-refractivity contribution in [3.05, 3.63) is 41.6 Å². The van der Waals surface area contributed by atoms with Gasteiger partial charge in [-0.2, -0.15) is 4.31 Å². The van der Waals surface area contributed by atoms with Gasteiger partial charge < -0.3 is 9.53 Å². The predicted molar refractivity (Wildman–Crippen MR) is 88.8 cm³/mol. The zero-order valence-electron chi connectivity index (χ0n) is 14.2. The molecule has 0 aliphatic carbocycles. The van der Waals surface area contributed by atoms with Gasteiger partial charge in [0.25, 0.3) is 10.0 Å². The molecule has 0 unspecified atom stereocenters. The zero-order chi connectivity index (χ0) is 18.1. The molecule has 1 amide bonds. The van der Waals surface area contributed by atoms with Crippen molar-refractivity contribution < 1.29 is 22.7 Å². The maximum atomic E-state index is 12.9. The molecule has 0 spiro atoms. The minimum Gasteiger partial charge on any atom is -0.436 e. The van der Waals surface area contributed by atoms with Crippen LogP contribution in [0.5, 0.6) is 0 Å². The number of benzene rings is 1. The number of carbonyl (C=O) groups is 2. The van der Waals surface area contributed by atoms with E-state index >= 15 is 0 Å². The number of sulfonamides is 1. The van der Waals surface area contributed by atoms with Crippen molar-refractivity contribution in [2.45, 2.75) is 51.0 Å². The Balaban J connectivity index is 2.46. The maximum absolute atomic E-state index is 12.9. The Morgan fingerprint density at radius 3 is 2.38 bits per heavy atom. The summed E-state index contributed by atoms with van der Waals surface area (Å²) < 4.78 is 31.6. The SMILES string of the molecule is CC(=O)CC/C=C1/N(S(=O)(=O)c2ccc(C)cc2)C(=O)OC1(C)C. The lowest BCUT2D eigenvalue weighted by Gasteiger charge is -2.20. The van der Waals surface area contributed by atoms with Crippen LogP contribution in [0.25, 0.3) is 0 Å². The first kappa shape index (κ1) is 18.2. The van der Waals surface area contributed by atoms with Crippen molar-refractivity contribution in [1.82, 2.24) is 4.31 Å². The third kappa shape index (κ3) is 3.51. The van der Waals surface area contributed by atoms with Crippen LogP contribution in [0.15, 0.2) is 40.9 Å². The highest BCUT2D eigenvalue weighted by molar-refractivity contribution is 7.89. The number of nitrogens with zero attached hydrogens (tertiary/aromatic N) is 1. The average Bonchev–Trinajstić information content (AvgIpc) is 2.68. The van der Waals surface area contributed by atoms with E-state index in [9.17, 15) is 18.0 Å². The normalized spacial score (nSPS) is 18.8. The molecule has 7 heteroatoms. The van der Waals surface area contributed by atoms with Gasteiger partial charge >= 0.3 is 6.09 Å². The number of amides is 1. The summed E-state index contributed by atoms with van der Waals surface area (Å²) in [6.45, 7) is 6.54. The van der Waals surface area contributed by atoms with Crippen molar-refractivity contribution in [3.63, 3.8) is 0 Å². The molecular formula is C17H21NO5S. The smallest absolute Gasteiger partial charge is 0.429 e. The summed E-state index contributed by atoms with van der Waals surface area (Å²) in [4.78, 5) is 23.3. The fourth-order valence-electron chi connectivity index (χ4n) is 2.44. The van der Waals surface area contributed by atoms with Gasteiger partial charge in [-0.3, -0.25) is 0 Å². The monoisotopic (exact) mass is 351 g/mol. The third-order valence-corrected chi connectivity index (χ3v) is 5.43. The second-order valence-corrected chi connectivity index (χ2v) is 8.08. The summed E-state index contributed by atoms with van der Waals surface area (Å²) in [7, 11) is -4.07. The first-order chi connectivity index (χ1) is 11.1. The Labute approximate surface area is 142 Å². The molecule has 130 valence electrons. The van der Waals surface area contributed by atoms with E-state index in [1.54, 1.807) is 32.1 Å². The predicted octanol–water partition coefficient (Wildman–Crippen LogP) is 3.17. The van der Waals surface area contributed by atoms with Gasteiger partial charge in [-0.15, -0.1) is 0 Å². The molecule has 24 heavy (non-hydrogen) atoms. The van der Waals surface area contributed by atoms with Gasteiger partial charge in [0, 0.05) is 6.42 Å². The summed E-state index contributed by atoms with van der Waals surface area (Å²) in [5.74, 6) is -0.0113. The van der Waals surface area contributed by atoms with E-state index in [0.717, 1.165) is 5.56 Å². The molecule has 1 saturated heterocycles. The molecule has 0 saturated carbocycles. The summed E-state index contributed by atoms with van der Waals surface area (Å²) in [6, 6.07) is 6.24. The molecule has 1 aliphatic heterocycles. The first-order valence-corrected chi connectivity index (χ1v) is 9.05. The molecule has 1 aromatic rings. The quantitative estimate of drug-likeness (QED) is 0.814. The molecule has 1 aliphatic rings.